The van der Waals surface area contributed by atoms with E-state index in [9.17, 15) is 0 Å². The monoisotopic (exact) mass is 639 g/mol. The van der Waals surface area contributed by atoms with Crippen molar-refractivity contribution in [2.45, 2.75) is 27.7 Å². The molecule has 0 saturated heterocycles. The van der Waals surface area contributed by atoms with E-state index in [4.69, 9.17) is 9.47 Å². The van der Waals surface area contributed by atoms with Gasteiger partial charge in [0.05, 0.1) is 22.4 Å². The molecule has 0 radical (unpaired) electrons. The average molecular weight is 640 g/mol. The third-order valence-electron chi connectivity index (χ3n) is 8.46. The molecule has 0 unspecified atom stereocenters. The molecule has 8 aromatic rings. The van der Waals surface area contributed by atoms with Crippen molar-refractivity contribution in [3.8, 4) is 51.5 Å². The fourth-order valence-electron chi connectivity index (χ4n) is 6.30. The molecule has 4 heterocycles. The first-order chi connectivity index (χ1) is 23.9. The van der Waals surface area contributed by atoms with Gasteiger partial charge in [-0.3, -0.25) is 14.5 Å². The standard InChI is InChI=1S/C42H33N5O2/c1-26-10-14-43-38(20-26)30-16-28(3)18-34(22-30)48-32-6-8-36-37-9-7-33(25-41(37)47(40(36)24-32)42-45-12-5-13-46-42)49-35-19-29(4)17-31(23-35)39-21-27(2)11-15-44-39/h5-25H,1-4H3. The summed E-state index contributed by atoms with van der Waals surface area (Å²) in [7, 11) is 0. The lowest BCUT2D eigenvalue weighted by molar-refractivity contribution is 0.483. The predicted molar refractivity (Wildman–Crippen MR) is 195 cm³/mol. The van der Waals surface area contributed by atoms with E-state index in [2.05, 4.69) is 88.6 Å². The van der Waals surface area contributed by atoms with E-state index in [0.717, 1.165) is 78.1 Å². The summed E-state index contributed by atoms with van der Waals surface area (Å²) < 4.78 is 15.1. The molecular formula is C42H33N5O2. The summed E-state index contributed by atoms with van der Waals surface area (Å²) in [4.78, 5) is 18.4. The van der Waals surface area contributed by atoms with Crippen LogP contribution in [0, 0.1) is 27.7 Å². The number of aromatic nitrogens is 5. The van der Waals surface area contributed by atoms with E-state index in [0.29, 0.717) is 17.4 Å². The van der Waals surface area contributed by atoms with Crippen LogP contribution in [0.3, 0.4) is 0 Å². The van der Waals surface area contributed by atoms with E-state index in [1.165, 1.54) is 0 Å². The molecule has 0 N–H and O–H groups in total. The topological polar surface area (TPSA) is 75.0 Å². The summed E-state index contributed by atoms with van der Waals surface area (Å²) in [5, 5.41) is 2.11. The third-order valence-corrected chi connectivity index (χ3v) is 8.46. The Morgan fingerprint density at radius 1 is 0.429 bits per heavy atom. The maximum Gasteiger partial charge on any atom is 0.234 e. The number of nitrogens with zero attached hydrogens (tertiary/aromatic N) is 5. The quantitative estimate of drug-likeness (QED) is 0.173. The minimum atomic E-state index is 0.559. The van der Waals surface area contributed by atoms with E-state index in [-0.39, 0.29) is 0 Å². The van der Waals surface area contributed by atoms with Crippen LogP contribution >= 0.6 is 0 Å². The molecule has 0 aliphatic rings. The van der Waals surface area contributed by atoms with Crippen molar-refractivity contribution >= 4 is 21.8 Å². The van der Waals surface area contributed by atoms with Crippen LogP contribution in [-0.2, 0) is 0 Å². The van der Waals surface area contributed by atoms with Crippen LogP contribution in [0.15, 0.2) is 128 Å². The fraction of sp³-hybridized carbons (Fsp3) is 0.0952. The predicted octanol–water partition coefficient (Wildman–Crippen LogP) is 10.5. The van der Waals surface area contributed by atoms with Crippen molar-refractivity contribution in [1.82, 2.24) is 24.5 Å². The molecule has 0 aliphatic heterocycles. The zero-order chi connectivity index (χ0) is 33.5. The Balaban J connectivity index is 1.19. The molecule has 0 atom stereocenters. The second-order valence-electron chi connectivity index (χ2n) is 12.5. The normalized spacial score (nSPS) is 11.3. The largest absolute Gasteiger partial charge is 0.457 e. The molecule has 49 heavy (non-hydrogen) atoms. The molecule has 238 valence electrons. The first-order valence-corrected chi connectivity index (χ1v) is 16.2. The summed E-state index contributed by atoms with van der Waals surface area (Å²) in [6.07, 6.45) is 7.18. The van der Waals surface area contributed by atoms with E-state index in [1.54, 1.807) is 12.4 Å². The van der Waals surface area contributed by atoms with Crippen LogP contribution in [0.4, 0.5) is 0 Å². The van der Waals surface area contributed by atoms with Gasteiger partial charge in [0.2, 0.25) is 5.95 Å². The van der Waals surface area contributed by atoms with Gasteiger partial charge < -0.3 is 9.47 Å². The highest BCUT2D eigenvalue weighted by atomic mass is 16.5. The molecule has 8 rings (SSSR count). The average Bonchev–Trinajstić information content (AvgIpc) is 3.41. The van der Waals surface area contributed by atoms with Gasteiger partial charge in [0.25, 0.3) is 0 Å². The second kappa shape index (κ2) is 12.4. The van der Waals surface area contributed by atoms with Crippen molar-refractivity contribution in [1.29, 1.82) is 0 Å². The van der Waals surface area contributed by atoms with Gasteiger partial charge >= 0.3 is 0 Å². The summed E-state index contributed by atoms with van der Waals surface area (Å²) in [5.74, 6) is 3.45. The second-order valence-corrected chi connectivity index (χ2v) is 12.5. The van der Waals surface area contributed by atoms with Crippen LogP contribution in [0.5, 0.6) is 23.0 Å². The van der Waals surface area contributed by atoms with Crippen LogP contribution in [-0.4, -0.2) is 24.5 Å². The molecule has 0 fully saturated rings. The molecule has 0 saturated carbocycles. The first-order valence-electron chi connectivity index (χ1n) is 16.2. The molecule has 7 heteroatoms. The summed E-state index contributed by atoms with van der Waals surface area (Å²) in [5.41, 5.74) is 10.2. The van der Waals surface area contributed by atoms with E-state index >= 15 is 0 Å². The van der Waals surface area contributed by atoms with Gasteiger partial charge in [0, 0.05) is 58.8 Å². The Kier molecular flexibility index (Phi) is 7.57. The van der Waals surface area contributed by atoms with Crippen molar-refractivity contribution in [3.63, 3.8) is 0 Å². The van der Waals surface area contributed by atoms with Crippen molar-refractivity contribution in [2.75, 3.05) is 0 Å². The molecule has 0 aliphatic carbocycles. The first kappa shape index (κ1) is 30.0. The minimum Gasteiger partial charge on any atom is -0.457 e. The number of benzene rings is 4. The van der Waals surface area contributed by atoms with Gasteiger partial charge in [-0.25, -0.2) is 9.97 Å². The SMILES string of the molecule is Cc1cc(Oc2ccc3c4ccc(Oc5cc(C)cc(-c6cc(C)ccn6)c5)cc4n(-c4ncccn4)c3c2)cc(-c2cc(C)ccn2)c1. The Hall–Kier alpha value is -6.34. The molecular weight excluding hydrogens is 606 g/mol. The summed E-state index contributed by atoms with van der Waals surface area (Å²) in [6.45, 7) is 8.27. The molecule has 4 aromatic heterocycles. The summed E-state index contributed by atoms with van der Waals surface area (Å²) in [6, 6.07) is 34.6. The van der Waals surface area contributed by atoms with Crippen molar-refractivity contribution < 1.29 is 9.47 Å². The maximum atomic E-state index is 6.50. The molecule has 4 aromatic carbocycles. The smallest absolute Gasteiger partial charge is 0.234 e. The Labute approximate surface area is 284 Å². The number of ether oxygens (including phenoxy) is 2. The van der Waals surface area contributed by atoms with Gasteiger partial charge in [-0.05, 0) is 141 Å². The van der Waals surface area contributed by atoms with Crippen LogP contribution < -0.4 is 9.47 Å². The van der Waals surface area contributed by atoms with Crippen molar-refractivity contribution in [2.24, 2.45) is 0 Å². The van der Waals surface area contributed by atoms with Gasteiger partial charge in [-0.1, -0.05) is 0 Å². The number of rotatable bonds is 7. The highest BCUT2D eigenvalue weighted by molar-refractivity contribution is 6.09. The number of fused-ring (bicyclic) bond motifs is 3. The lowest BCUT2D eigenvalue weighted by atomic mass is 10.1. The van der Waals surface area contributed by atoms with E-state index in [1.807, 2.05) is 79.1 Å². The Bertz CT molecular complexity index is 2350. The van der Waals surface area contributed by atoms with Gasteiger partial charge in [-0.2, -0.15) is 0 Å². The van der Waals surface area contributed by atoms with Crippen LogP contribution in [0.1, 0.15) is 22.3 Å². The third kappa shape index (κ3) is 6.10. The lowest BCUT2D eigenvalue weighted by Crippen LogP contribution is -2.00. The molecule has 0 amide bonds. The highest BCUT2D eigenvalue weighted by Crippen LogP contribution is 2.38. The number of pyridine rings is 2. The van der Waals surface area contributed by atoms with Gasteiger partial charge in [0.15, 0.2) is 0 Å². The zero-order valence-corrected chi connectivity index (χ0v) is 27.7. The molecule has 7 nitrogen and oxygen atoms in total. The van der Waals surface area contributed by atoms with Crippen molar-refractivity contribution in [3.05, 3.63) is 150 Å². The highest BCUT2D eigenvalue weighted by Gasteiger charge is 2.17. The minimum absolute atomic E-state index is 0.559. The fourth-order valence-corrected chi connectivity index (χ4v) is 6.30. The zero-order valence-electron chi connectivity index (χ0n) is 27.7. The van der Waals surface area contributed by atoms with Gasteiger partial charge in [-0.15, -0.1) is 0 Å². The van der Waals surface area contributed by atoms with Crippen LogP contribution in [0.25, 0.3) is 50.3 Å². The summed E-state index contributed by atoms with van der Waals surface area (Å²) >= 11 is 0. The lowest BCUT2D eigenvalue weighted by Gasteiger charge is -2.11. The number of aryl methyl sites for hydroxylation is 4. The molecule has 0 bridgehead atoms. The number of hydrogen-bond donors (Lipinski definition) is 0. The van der Waals surface area contributed by atoms with Gasteiger partial charge in [0.1, 0.15) is 23.0 Å². The molecule has 0 spiro atoms. The van der Waals surface area contributed by atoms with Crippen LogP contribution in [0.2, 0.25) is 0 Å². The Morgan fingerprint density at radius 3 is 1.39 bits per heavy atom. The van der Waals surface area contributed by atoms with E-state index < -0.39 is 0 Å². The maximum absolute atomic E-state index is 6.50. The number of hydrogen-bond acceptors (Lipinski definition) is 6. The Morgan fingerprint density at radius 2 is 0.918 bits per heavy atom.